The lowest BCUT2D eigenvalue weighted by Gasteiger charge is -2.25. The standard InChI is InChI=1S/C17H24N2O/c1-13-12-14(13)17(20)18-15-8-4-5-9-16(15)19-10-6-2-3-7-11-19/h4-5,8-9,13-14H,2-3,6-7,10-12H2,1H3,(H,18,20). The van der Waals surface area contributed by atoms with Gasteiger partial charge in [-0.05, 0) is 37.3 Å². The summed E-state index contributed by atoms with van der Waals surface area (Å²) in [7, 11) is 0. The van der Waals surface area contributed by atoms with Gasteiger partial charge in [-0.2, -0.15) is 0 Å². The van der Waals surface area contributed by atoms with E-state index in [1.165, 1.54) is 31.4 Å². The van der Waals surface area contributed by atoms with E-state index in [-0.39, 0.29) is 11.8 Å². The molecule has 1 heterocycles. The molecule has 1 saturated carbocycles. The number of para-hydroxylation sites is 2. The van der Waals surface area contributed by atoms with Crippen molar-refractivity contribution in [1.82, 2.24) is 0 Å². The largest absolute Gasteiger partial charge is 0.370 e. The van der Waals surface area contributed by atoms with Crippen LogP contribution in [0.1, 0.15) is 39.0 Å². The molecule has 1 saturated heterocycles. The first-order chi connectivity index (χ1) is 9.75. The number of rotatable bonds is 3. The van der Waals surface area contributed by atoms with Crippen molar-refractivity contribution in [3.8, 4) is 0 Å². The van der Waals surface area contributed by atoms with Crippen LogP contribution < -0.4 is 10.2 Å². The lowest BCUT2D eigenvalue weighted by molar-refractivity contribution is -0.117. The number of carbonyl (C=O) groups is 1. The maximum Gasteiger partial charge on any atom is 0.227 e. The van der Waals surface area contributed by atoms with Gasteiger partial charge in [0, 0.05) is 19.0 Å². The number of nitrogens with zero attached hydrogens (tertiary/aromatic N) is 1. The summed E-state index contributed by atoms with van der Waals surface area (Å²) >= 11 is 0. The molecule has 2 atom stereocenters. The molecule has 0 radical (unpaired) electrons. The lowest BCUT2D eigenvalue weighted by Crippen LogP contribution is -2.26. The van der Waals surface area contributed by atoms with Gasteiger partial charge < -0.3 is 10.2 Å². The summed E-state index contributed by atoms with van der Waals surface area (Å²) in [6, 6.07) is 8.24. The van der Waals surface area contributed by atoms with Crippen LogP contribution in [0.5, 0.6) is 0 Å². The van der Waals surface area contributed by atoms with Gasteiger partial charge in [-0.3, -0.25) is 4.79 Å². The fraction of sp³-hybridized carbons (Fsp3) is 0.588. The van der Waals surface area contributed by atoms with Crippen molar-refractivity contribution in [3.63, 3.8) is 0 Å². The van der Waals surface area contributed by atoms with E-state index in [1.807, 2.05) is 12.1 Å². The zero-order valence-corrected chi connectivity index (χ0v) is 12.3. The lowest BCUT2D eigenvalue weighted by atomic mass is 10.2. The number of amides is 1. The number of hydrogen-bond acceptors (Lipinski definition) is 2. The van der Waals surface area contributed by atoms with Gasteiger partial charge in [-0.25, -0.2) is 0 Å². The van der Waals surface area contributed by atoms with Crippen LogP contribution >= 0.6 is 0 Å². The highest BCUT2D eigenvalue weighted by Gasteiger charge is 2.39. The second kappa shape index (κ2) is 5.86. The van der Waals surface area contributed by atoms with Gasteiger partial charge >= 0.3 is 0 Å². The number of nitrogens with one attached hydrogen (secondary N) is 1. The number of anilines is 2. The Bertz CT molecular complexity index is 478. The van der Waals surface area contributed by atoms with E-state index >= 15 is 0 Å². The Labute approximate surface area is 121 Å². The summed E-state index contributed by atoms with van der Waals surface area (Å²) in [5, 5.41) is 3.14. The van der Waals surface area contributed by atoms with Crippen LogP contribution in [0.25, 0.3) is 0 Å². The summed E-state index contributed by atoms with van der Waals surface area (Å²) < 4.78 is 0. The highest BCUT2D eigenvalue weighted by molar-refractivity contribution is 5.97. The summed E-state index contributed by atoms with van der Waals surface area (Å²) in [4.78, 5) is 14.6. The third-order valence-corrected chi connectivity index (χ3v) is 4.55. The monoisotopic (exact) mass is 272 g/mol. The van der Waals surface area contributed by atoms with E-state index in [1.54, 1.807) is 0 Å². The van der Waals surface area contributed by atoms with Crippen LogP contribution in [0.4, 0.5) is 11.4 Å². The molecule has 3 nitrogen and oxygen atoms in total. The van der Waals surface area contributed by atoms with Crippen LogP contribution in [0.15, 0.2) is 24.3 Å². The Morgan fingerprint density at radius 2 is 1.80 bits per heavy atom. The number of hydrogen-bond donors (Lipinski definition) is 1. The van der Waals surface area contributed by atoms with Crippen molar-refractivity contribution < 1.29 is 4.79 Å². The van der Waals surface area contributed by atoms with Crippen molar-refractivity contribution in [1.29, 1.82) is 0 Å². The molecule has 2 aliphatic rings. The molecule has 108 valence electrons. The smallest absolute Gasteiger partial charge is 0.227 e. The summed E-state index contributed by atoms with van der Waals surface area (Å²) in [6.45, 7) is 4.35. The minimum Gasteiger partial charge on any atom is -0.370 e. The molecule has 1 N–H and O–H groups in total. The van der Waals surface area contributed by atoms with Gasteiger partial charge in [0.25, 0.3) is 0 Å². The van der Waals surface area contributed by atoms with Crippen LogP contribution in [0, 0.1) is 11.8 Å². The molecule has 1 aromatic rings. The molecule has 20 heavy (non-hydrogen) atoms. The van der Waals surface area contributed by atoms with Crippen LogP contribution in [-0.4, -0.2) is 19.0 Å². The third-order valence-electron chi connectivity index (χ3n) is 4.55. The predicted molar refractivity (Wildman–Crippen MR) is 83.0 cm³/mol. The molecule has 3 rings (SSSR count). The second-order valence-corrected chi connectivity index (χ2v) is 6.23. The fourth-order valence-corrected chi connectivity index (χ4v) is 3.08. The molecule has 0 aromatic heterocycles. The van der Waals surface area contributed by atoms with Crippen molar-refractivity contribution >= 4 is 17.3 Å². The summed E-state index contributed by atoms with van der Waals surface area (Å²) in [5.41, 5.74) is 2.18. The molecular weight excluding hydrogens is 248 g/mol. The van der Waals surface area contributed by atoms with Gasteiger partial charge in [-0.1, -0.05) is 31.9 Å². The minimum absolute atomic E-state index is 0.194. The van der Waals surface area contributed by atoms with Gasteiger partial charge in [0.1, 0.15) is 0 Å². The molecule has 1 aliphatic carbocycles. The van der Waals surface area contributed by atoms with E-state index < -0.39 is 0 Å². The predicted octanol–water partition coefficient (Wildman–Crippen LogP) is 3.66. The van der Waals surface area contributed by atoms with E-state index in [0.717, 1.165) is 25.2 Å². The van der Waals surface area contributed by atoms with E-state index in [9.17, 15) is 4.79 Å². The first-order valence-electron chi connectivity index (χ1n) is 7.90. The molecule has 3 heteroatoms. The third kappa shape index (κ3) is 2.97. The molecule has 1 amide bonds. The first kappa shape index (κ1) is 13.5. The first-order valence-corrected chi connectivity index (χ1v) is 7.90. The quantitative estimate of drug-likeness (QED) is 0.910. The van der Waals surface area contributed by atoms with Crippen LogP contribution in [0.2, 0.25) is 0 Å². The van der Waals surface area contributed by atoms with E-state index in [4.69, 9.17) is 0 Å². The van der Waals surface area contributed by atoms with Crippen LogP contribution in [0.3, 0.4) is 0 Å². The van der Waals surface area contributed by atoms with Gasteiger partial charge in [-0.15, -0.1) is 0 Å². The van der Waals surface area contributed by atoms with Crippen molar-refractivity contribution in [3.05, 3.63) is 24.3 Å². The van der Waals surface area contributed by atoms with Gasteiger partial charge in [0.05, 0.1) is 11.4 Å². The van der Waals surface area contributed by atoms with Crippen molar-refractivity contribution in [2.24, 2.45) is 11.8 Å². The highest BCUT2D eigenvalue weighted by atomic mass is 16.2. The number of benzene rings is 1. The average molecular weight is 272 g/mol. The Morgan fingerprint density at radius 1 is 1.15 bits per heavy atom. The minimum atomic E-state index is 0.194. The summed E-state index contributed by atoms with van der Waals surface area (Å²) in [6.07, 6.45) is 6.19. The van der Waals surface area contributed by atoms with Crippen LogP contribution in [-0.2, 0) is 4.79 Å². The number of carbonyl (C=O) groups excluding carboxylic acids is 1. The Morgan fingerprint density at radius 3 is 2.45 bits per heavy atom. The maximum absolute atomic E-state index is 12.2. The normalized spacial score (nSPS) is 25.9. The summed E-state index contributed by atoms with van der Waals surface area (Å²) in [5.74, 6) is 0.979. The molecule has 2 unspecified atom stereocenters. The average Bonchev–Trinajstić information content (AvgIpc) is 3.22. The Hall–Kier alpha value is -1.51. The molecule has 1 aliphatic heterocycles. The maximum atomic E-state index is 12.2. The van der Waals surface area contributed by atoms with Gasteiger partial charge in [0.15, 0.2) is 0 Å². The molecule has 2 fully saturated rings. The second-order valence-electron chi connectivity index (χ2n) is 6.23. The Kier molecular flexibility index (Phi) is 3.95. The topological polar surface area (TPSA) is 32.3 Å². The van der Waals surface area contributed by atoms with Gasteiger partial charge in [0.2, 0.25) is 5.91 Å². The fourth-order valence-electron chi connectivity index (χ4n) is 3.08. The molecular formula is C17H24N2O. The van der Waals surface area contributed by atoms with Crippen molar-refractivity contribution in [2.75, 3.05) is 23.3 Å². The molecule has 0 bridgehead atoms. The zero-order valence-electron chi connectivity index (χ0n) is 12.3. The molecule has 0 spiro atoms. The SMILES string of the molecule is CC1CC1C(=O)Nc1ccccc1N1CCCCCC1. The van der Waals surface area contributed by atoms with E-state index in [2.05, 4.69) is 29.3 Å². The van der Waals surface area contributed by atoms with E-state index in [0.29, 0.717) is 5.92 Å². The molecule has 1 aromatic carbocycles. The Balaban J connectivity index is 1.75. The highest BCUT2D eigenvalue weighted by Crippen LogP contribution is 2.39. The zero-order chi connectivity index (χ0) is 13.9. The van der Waals surface area contributed by atoms with Crippen molar-refractivity contribution in [2.45, 2.75) is 39.0 Å².